The number of nitrogens with zero attached hydrogens (tertiary/aromatic N) is 2. The number of fused-ring (bicyclic) bond motifs is 1. The molecule has 2 aliphatic heterocycles. The molecular weight excluding hydrogens is 302 g/mol. The fourth-order valence-corrected chi connectivity index (χ4v) is 4.03. The van der Waals surface area contributed by atoms with Crippen LogP contribution >= 0.6 is 11.8 Å². The predicted molar refractivity (Wildman–Crippen MR) is 81.7 cm³/mol. The van der Waals surface area contributed by atoms with E-state index >= 15 is 0 Å². The Morgan fingerprint density at radius 2 is 2.18 bits per heavy atom. The SMILES string of the molecule is CCc1cc[n+](CC2=C(C(=O)O)N3C(=O)C(N)C3SC2)cc1. The van der Waals surface area contributed by atoms with E-state index in [1.807, 2.05) is 29.1 Å². The molecule has 1 amide bonds. The second kappa shape index (κ2) is 5.73. The van der Waals surface area contributed by atoms with Crippen molar-refractivity contribution in [2.24, 2.45) is 5.73 Å². The van der Waals surface area contributed by atoms with E-state index in [4.69, 9.17) is 5.73 Å². The summed E-state index contributed by atoms with van der Waals surface area (Å²) in [6.45, 7) is 2.55. The highest BCUT2D eigenvalue weighted by Gasteiger charge is 2.52. The number of carboxylic acids is 1. The molecule has 1 saturated heterocycles. The van der Waals surface area contributed by atoms with Crippen LogP contribution in [0.3, 0.4) is 0 Å². The Hall–Kier alpha value is -1.86. The third-order valence-corrected chi connectivity index (χ3v) is 5.39. The molecule has 22 heavy (non-hydrogen) atoms. The van der Waals surface area contributed by atoms with Crippen molar-refractivity contribution in [1.82, 2.24) is 4.90 Å². The number of rotatable bonds is 4. The minimum atomic E-state index is -1.06. The number of aliphatic carboxylic acids is 1. The van der Waals surface area contributed by atoms with Gasteiger partial charge in [-0.05, 0) is 12.0 Å². The van der Waals surface area contributed by atoms with Gasteiger partial charge in [0.1, 0.15) is 17.1 Å². The highest BCUT2D eigenvalue weighted by molar-refractivity contribution is 8.00. The van der Waals surface area contributed by atoms with Gasteiger partial charge in [0.05, 0.1) is 0 Å². The van der Waals surface area contributed by atoms with Crippen LogP contribution in [0.25, 0.3) is 0 Å². The predicted octanol–water partition coefficient (Wildman–Crippen LogP) is 0.118. The third kappa shape index (κ3) is 2.40. The van der Waals surface area contributed by atoms with Crippen molar-refractivity contribution in [3.63, 3.8) is 0 Å². The average molecular weight is 320 g/mol. The molecular formula is C15H18N3O3S+. The lowest BCUT2D eigenvalue weighted by atomic mass is 10.0. The number of hydrogen-bond donors (Lipinski definition) is 2. The van der Waals surface area contributed by atoms with Crippen LogP contribution in [0.1, 0.15) is 12.5 Å². The smallest absolute Gasteiger partial charge is 0.352 e. The molecule has 0 bridgehead atoms. The number of carboxylic acid groups (broad SMARTS) is 1. The Balaban J connectivity index is 1.89. The average Bonchev–Trinajstić information content (AvgIpc) is 2.54. The minimum absolute atomic E-state index is 0.0996. The molecule has 0 saturated carbocycles. The van der Waals surface area contributed by atoms with E-state index in [0.717, 1.165) is 12.0 Å². The summed E-state index contributed by atoms with van der Waals surface area (Å²) >= 11 is 1.53. The summed E-state index contributed by atoms with van der Waals surface area (Å²) in [5.41, 5.74) is 7.80. The van der Waals surface area contributed by atoms with E-state index < -0.39 is 12.0 Å². The second-order valence-electron chi connectivity index (χ2n) is 5.43. The van der Waals surface area contributed by atoms with Crippen LogP contribution in [0, 0.1) is 0 Å². The second-order valence-corrected chi connectivity index (χ2v) is 6.53. The van der Waals surface area contributed by atoms with Crippen molar-refractivity contribution >= 4 is 23.6 Å². The summed E-state index contributed by atoms with van der Waals surface area (Å²) in [5, 5.41) is 9.24. The number of pyridine rings is 1. The maximum atomic E-state index is 11.9. The summed E-state index contributed by atoms with van der Waals surface area (Å²) in [5.74, 6) is -0.795. The van der Waals surface area contributed by atoms with Crippen LogP contribution in [0.15, 0.2) is 35.8 Å². The maximum absolute atomic E-state index is 11.9. The third-order valence-electron chi connectivity index (χ3n) is 4.03. The minimum Gasteiger partial charge on any atom is -0.477 e. The van der Waals surface area contributed by atoms with Gasteiger partial charge in [-0.1, -0.05) is 6.92 Å². The van der Waals surface area contributed by atoms with Crippen molar-refractivity contribution in [1.29, 1.82) is 0 Å². The molecule has 1 aromatic rings. The molecule has 0 spiro atoms. The van der Waals surface area contributed by atoms with Gasteiger partial charge in [-0.25, -0.2) is 9.36 Å². The summed E-state index contributed by atoms with van der Waals surface area (Å²) in [6.07, 6.45) is 4.83. The van der Waals surface area contributed by atoms with Crippen molar-refractivity contribution in [3.8, 4) is 0 Å². The highest BCUT2D eigenvalue weighted by atomic mass is 32.2. The molecule has 0 aromatic carbocycles. The fraction of sp³-hybridized carbons (Fsp3) is 0.400. The van der Waals surface area contributed by atoms with Crippen LogP contribution in [0.2, 0.25) is 0 Å². The molecule has 0 radical (unpaired) electrons. The number of aromatic nitrogens is 1. The molecule has 7 heteroatoms. The number of β-lactam (4-membered cyclic amide) rings is 1. The van der Waals surface area contributed by atoms with Crippen LogP contribution < -0.4 is 10.3 Å². The van der Waals surface area contributed by atoms with E-state index in [2.05, 4.69) is 6.92 Å². The molecule has 3 heterocycles. The van der Waals surface area contributed by atoms with Crippen molar-refractivity contribution in [2.75, 3.05) is 5.75 Å². The normalized spacial score (nSPS) is 24.1. The molecule has 2 atom stereocenters. The van der Waals surface area contributed by atoms with E-state index in [1.54, 1.807) is 0 Å². The van der Waals surface area contributed by atoms with Crippen molar-refractivity contribution < 1.29 is 19.3 Å². The first-order valence-electron chi connectivity index (χ1n) is 7.16. The molecule has 2 aliphatic rings. The van der Waals surface area contributed by atoms with Gasteiger partial charge in [-0.2, -0.15) is 0 Å². The molecule has 116 valence electrons. The Labute approximate surface area is 132 Å². The standard InChI is InChI=1S/C15H17N3O3S/c1-2-9-3-5-17(6-4-9)7-10-8-22-14-11(16)13(19)18(14)12(10)15(20)21/h3-6,11,14H,2,7-8,16H2,1H3/p+1. The lowest BCUT2D eigenvalue weighted by molar-refractivity contribution is -0.689. The molecule has 2 unspecified atom stereocenters. The number of carbonyl (C=O) groups excluding carboxylic acids is 1. The number of hydrogen-bond acceptors (Lipinski definition) is 4. The Morgan fingerprint density at radius 1 is 1.50 bits per heavy atom. The van der Waals surface area contributed by atoms with Gasteiger partial charge < -0.3 is 10.8 Å². The van der Waals surface area contributed by atoms with Crippen LogP contribution in [-0.2, 0) is 22.6 Å². The molecule has 3 rings (SSSR count). The van der Waals surface area contributed by atoms with Gasteiger partial charge >= 0.3 is 5.97 Å². The number of amides is 1. The van der Waals surface area contributed by atoms with E-state index in [9.17, 15) is 14.7 Å². The van der Waals surface area contributed by atoms with Crippen LogP contribution in [0.5, 0.6) is 0 Å². The topological polar surface area (TPSA) is 87.5 Å². The maximum Gasteiger partial charge on any atom is 0.352 e. The molecule has 3 N–H and O–H groups in total. The molecule has 1 fully saturated rings. The van der Waals surface area contributed by atoms with Crippen molar-refractivity contribution in [2.45, 2.75) is 31.3 Å². The Morgan fingerprint density at radius 3 is 2.77 bits per heavy atom. The summed E-state index contributed by atoms with van der Waals surface area (Å²) in [7, 11) is 0. The zero-order valence-electron chi connectivity index (χ0n) is 12.2. The lowest BCUT2D eigenvalue weighted by Crippen LogP contribution is -2.68. The van der Waals surface area contributed by atoms with Gasteiger partial charge in [-0.15, -0.1) is 11.8 Å². The molecule has 1 aromatic heterocycles. The first-order chi connectivity index (χ1) is 10.5. The quantitative estimate of drug-likeness (QED) is 0.608. The first-order valence-corrected chi connectivity index (χ1v) is 8.21. The monoisotopic (exact) mass is 320 g/mol. The van der Waals surface area contributed by atoms with E-state index in [0.29, 0.717) is 12.3 Å². The number of thioether (sulfide) groups is 1. The van der Waals surface area contributed by atoms with Crippen molar-refractivity contribution in [3.05, 3.63) is 41.4 Å². The number of aryl methyl sites for hydroxylation is 1. The first kappa shape index (κ1) is 15.1. The summed E-state index contributed by atoms with van der Waals surface area (Å²) in [6, 6.07) is 3.45. The highest BCUT2D eigenvalue weighted by Crippen LogP contribution is 2.39. The van der Waals surface area contributed by atoms with E-state index in [1.165, 1.54) is 22.2 Å². The fourth-order valence-electron chi connectivity index (χ4n) is 2.75. The van der Waals surface area contributed by atoms with Gasteiger partial charge in [0, 0.05) is 23.5 Å². The Bertz CT molecular complexity index is 657. The molecule has 6 nitrogen and oxygen atoms in total. The van der Waals surface area contributed by atoms with Gasteiger partial charge in [0.2, 0.25) is 5.91 Å². The number of carbonyl (C=O) groups is 2. The zero-order chi connectivity index (χ0) is 15.9. The zero-order valence-corrected chi connectivity index (χ0v) is 13.0. The van der Waals surface area contributed by atoms with Gasteiger partial charge in [-0.3, -0.25) is 9.69 Å². The molecule has 0 aliphatic carbocycles. The largest absolute Gasteiger partial charge is 0.477 e. The lowest BCUT2D eigenvalue weighted by Gasteiger charge is -2.47. The van der Waals surface area contributed by atoms with Crippen LogP contribution in [-0.4, -0.2) is 39.1 Å². The Kier molecular flexibility index (Phi) is 3.92. The van der Waals surface area contributed by atoms with Gasteiger partial charge in [0.15, 0.2) is 18.9 Å². The number of nitrogens with two attached hydrogens (primary N) is 1. The van der Waals surface area contributed by atoms with Gasteiger partial charge in [0.25, 0.3) is 0 Å². The summed E-state index contributed by atoms with van der Waals surface area (Å²) < 4.78 is 1.93. The van der Waals surface area contributed by atoms with Crippen LogP contribution in [0.4, 0.5) is 0 Å². The van der Waals surface area contributed by atoms with E-state index in [-0.39, 0.29) is 17.0 Å². The summed E-state index contributed by atoms with van der Waals surface area (Å²) in [4.78, 5) is 24.8.